The van der Waals surface area contributed by atoms with E-state index < -0.39 is 0 Å². The Bertz CT molecular complexity index is 274. The molecule has 0 aromatic heterocycles. The van der Waals surface area contributed by atoms with Crippen LogP contribution in [0.1, 0.15) is 13.8 Å². The number of allylic oxidation sites excluding steroid dienone is 4. The summed E-state index contributed by atoms with van der Waals surface area (Å²) in [5.41, 5.74) is 1.97. The van der Waals surface area contributed by atoms with Crippen LogP contribution in [0.5, 0.6) is 0 Å². The number of hydrogen-bond acceptors (Lipinski definition) is 2. The molecular formula is C12H19NO. The molecule has 0 aliphatic rings. The molecule has 2 nitrogen and oxygen atoms in total. The molecule has 0 atom stereocenters. The first kappa shape index (κ1) is 12.6. The van der Waals surface area contributed by atoms with Crippen LogP contribution < -0.4 is 0 Å². The molecule has 0 aromatic rings. The molecule has 0 aromatic carbocycles. The molecule has 0 N–H and O–H groups in total. The van der Waals surface area contributed by atoms with Crippen LogP contribution in [0, 0.1) is 0 Å². The van der Waals surface area contributed by atoms with Crippen LogP contribution in [-0.2, 0) is 4.74 Å². The second-order valence-electron chi connectivity index (χ2n) is 3.01. The predicted octanol–water partition coefficient (Wildman–Crippen LogP) is 3.07. The molecule has 0 fully saturated rings. The molecule has 0 radical (unpaired) electrons. The summed E-state index contributed by atoms with van der Waals surface area (Å²) in [4.78, 5) is 1.86. The summed E-state index contributed by atoms with van der Waals surface area (Å²) < 4.78 is 5.05. The zero-order valence-electron chi connectivity index (χ0n) is 9.50. The topological polar surface area (TPSA) is 12.5 Å². The number of hydrogen-bond donors (Lipinski definition) is 0. The van der Waals surface area contributed by atoms with Crippen molar-refractivity contribution < 1.29 is 4.74 Å². The van der Waals surface area contributed by atoms with E-state index in [0.29, 0.717) is 5.88 Å². The normalized spacial score (nSPS) is 11.6. The van der Waals surface area contributed by atoms with E-state index in [0.717, 1.165) is 11.3 Å². The van der Waals surface area contributed by atoms with E-state index in [1.54, 1.807) is 7.11 Å². The summed E-state index contributed by atoms with van der Waals surface area (Å²) in [7, 11) is 3.50. The predicted molar refractivity (Wildman–Crippen MR) is 61.6 cm³/mol. The van der Waals surface area contributed by atoms with E-state index in [9.17, 15) is 0 Å². The van der Waals surface area contributed by atoms with Crippen LogP contribution in [0.25, 0.3) is 0 Å². The van der Waals surface area contributed by atoms with Gasteiger partial charge in [0, 0.05) is 12.7 Å². The molecule has 78 valence electrons. The first-order valence-electron chi connectivity index (χ1n) is 4.50. The standard InChI is InChI=1S/C12H19NO/c1-7-8-9-12(10(2)3)13(5)11(4)14-6/h7-9H,2,4H2,1,3,5-6H3. The van der Waals surface area contributed by atoms with Gasteiger partial charge in [-0.1, -0.05) is 18.7 Å². The lowest BCUT2D eigenvalue weighted by Crippen LogP contribution is -2.18. The zero-order valence-corrected chi connectivity index (χ0v) is 9.50. The highest BCUT2D eigenvalue weighted by Gasteiger charge is 2.07. The second kappa shape index (κ2) is 6.08. The van der Waals surface area contributed by atoms with Crippen molar-refractivity contribution in [3.63, 3.8) is 0 Å². The van der Waals surface area contributed by atoms with Gasteiger partial charge in [-0.2, -0.15) is 0 Å². The molecule has 0 rings (SSSR count). The Labute approximate surface area is 86.9 Å². The van der Waals surface area contributed by atoms with Gasteiger partial charge >= 0.3 is 0 Å². The Morgan fingerprint density at radius 3 is 2.29 bits per heavy atom. The summed E-state index contributed by atoms with van der Waals surface area (Å²) in [5.74, 6) is 0.601. The third-order valence-electron chi connectivity index (χ3n) is 1.85. The molecule has 0 heterocycles. The Kier molecular flexibility index (Phi) is 5.46. The van der Waals surface area contributed by atoms with Crippen molar-refractivity contribution in [2.24, 2.45) is 0 Å². The van der Waals surface area contributed by atoms with Crippen molar-refractivity contribution in [1.82, 2.24) is 4.90 Å². The lowest BCUT2D eigenvalue weighted by atomic mass is 10.2. The monoisotopic (exact) mass is 193 g/mol. The number of rotatable bonds is 5. The molecular weight excluding hydrogens is 174 g/mol. The molecule has 0 unspecified atom stereocenters. The lowest BCUT2D eigenvalue weighted by molar-refractivity contribution is 0.202. The Morgan fingerprint density at radius 1 is 1.36 bits per heavy atom. The van der Waals surface area contributed by atoms with Crippen molar-refractivity contribution in [3.8, 4) is 0 Å². The van der Waals surface area contributed by atoms with Crippen molar-refractivity contribution in [3.05, 3.63) is 48.5 Å². The van der Waals surface area contributed by atoms with Gasteiger partial charge in [0.05, 0.1) is 7.11 Å². The maximum Gasteiger partial charge on any atom is 0.185 e. The van der Waals surface area contributed by atoms with E-state index in [2.05, 4.69) is 13.2 Å². The van der Waals surface area contributed by atoms with Crippen molar-refractivity contribution in [1.29, 1.82) is 0 Å². The Balaban J connectivity index is 4.83. The molecule has 0 saturated carbocycles. The van der Waals surface area contributed by atoms with Crippen LogP contribution in [0.15, 0.2) is 48.5 Å². The molecule has 0 amide bonds. The molecule has 2 heteroatoms. The Morgan fingerprint density at radius 2 is 1.93 bits per heavy atom. The average Bonchev–Trinajstić information content (AvgIpc) is 2.16. The van der Waals surface area contributed by atoms with Gasteiger partial charge in [0.2, 0.25) is 0 Å². The molecule has 0 saturated heterocycles. The number of methoxy groups -OCH3 is 1. The van der Waals surface area contributed by atoms with E-state index >= 15 is 0 Å². The van der Waals surface area contributed by atoms with Crippen LogP contribution in [0.4, 0.5) is 0 Å². The van der Waals surface area contributed by atoms with Gasteiger partial charge in [-0.3, -0.25) is 0 Å². The zero-order chi connectivity index (χ0) is 11.1. The third kappa shape index (κ3) is 3.52. The van der Waals surface area contributed by atoms with Gasteiger partial charge in [0.1, 0.15) is 0 Å². The fourth-order valence-corrected chi connectivity index (χ4v) is 0.999. The number of ether oxygens (including phenoxy) is 1. The number of likely N-dealkylation sites (N-methyl/N-ethyl adjacent to an activating group) is 1. The molecule has 0 aliphatic heterocycles. The van der Waals surface area contributed by atoms with Crippen LogP contribution in [-0.4, -0.2) is 19.1 Å². The summed E-state index contributed by atoms with van der Waals surface area (Å²) in [6.07, 6.45) is 5.91. The SMILES string of the molecule is C=C(C)C(=CC=CC)N(C)C(=C)OC. The lowest BCUT2D eigenvalue weighted by Gasteiger charge is -2.23. The first-order valence-corrected chi connectivity index (χ1v) is 4.50. The minimum absolute atomic E-state index is 0.601. The minimum Gasteiger partial charge on any atom is -0.483 e. The maximum atomic E-state index is 5.05. The van der Waals surface area contributed by atoms with Gasteiger partial charge in [0.15, 0.2) is 5.88 Å². The highest BCUT2D eigenvalue weighted by atomic mass is 16.5. The highest BCUT2D eigenvalue weighted by molar-refractivity contribution is 5.30. The van der Waals surface area contributed by atoms with Gasteiger partial charge in [-0.15, -0.1) is 0 Å². The van der Waals surface area contributed by atoms with Gasteiger partial charge in [0.25, 0.3) is 0 Å². The van der Waals surface area contributed by atoms with Crippen molar-refractivity contribution in [2.45, 2.75) is 13.8 Å². The third-order valence-corrected chi connectivity index (χ3v) is 1.85. The van der Waals surface area contributed by atoms with Crippen LogP contribution >= 0.6 is 0 Å². The average molecular weight is 193 g/mol. The fourth-order valence-electron chi connectivity index (χ4n) is 0.999. The van der Waals surface area contributed by atoms with E-state index in [-0.39, 0.29) is 0 Å². The second-order valence-corrected chi connectivity index (χ2v) is 3.01. The van der Waals surface area contributed by atoms with E-state index in [1.807, 2.05) is 44.0 Å². The van der Waals surface area contributed by atoms with E-state index in [1.165, 1.54) is 0 Å². The van der Waals surface area contributed by atoms with Gasteiger partial charge < -0.3 is 9.64 Å². The summed E-state index contributed by atoms with van der Waals surface area (Å²) in [5, 5.41) is 0. The van der Waals surface area contributed by atoms with Crippen molar-refractivity contribution >= 4 is 0 Å². The van der Waals surface area contributed by atoms with E-state index in [4.69, 9.17) is 4.74 Å². The molecule has 0 aliphatic carbocycles. The van der Waals surface area contributed by atoms with Crippen molar-refractivity contribution in [2.75, 3.05) is 14.2 Å². The van der Waals surface area contributed by atoms with Gasteiger partial charge in [-0.25, -0.2) is 0 Å². The molecule has 0 spiro atoms. The summed E-state index contributed by atoms with van der Waals surface area (Å²) in [6, 6.07) is 0. The summed E-state index contributed by atoms with van der Waals surface area (Å²) in [6.45, 7) is 11.6. The van der Waals surface area contributed by atoms with Crippen LogP contribution in [0.3, 0.4) is 0 Å². The quantitative estimate of drug-likeness (QED) is 0.491. The summed E-state index contributed by atoms with van der Waals surface area (Å²) >= 11 is 0. The smallest absolute Gasteiger partial charge is 0.185 e. The Hall–Kier alpha value is -1.44. The first-order chi connectivity index (χ1) is 6.54. The molecule has 14 heavy (non-hydrogen) atoms. The minimum atomic E-state index is 0.601. The number of nitrogens with zero attached hydrogens (tertiary/aromatic N) is 1. The van der Waals surface area contributed by atoms with Gasteiger partial charge in [-0.05, 0) is 32.1 Å². The highest BCUT2D eigenvalue weighted by Crippen LogP contribution is 2.16. The fraction of sp³-hybridized carbons (Fsp3) is 0.333. The largest absolute Gasteiger partial charge is 0.483 e. The van der Waals surface area contributed by atoms with Crippen LogP contribution in [0.2, 0.25) is 0 Å². The maximum absolute atomic E-state index is 5.05. The molecule has 0 bridgehead atoms.